The molecule has 0 radical (unpaired) electrons. The Kier molecular flexibility index (Phi) is 5.12. The number of carbonyl (C=O) groups is 1. The Hall–Kier alpha value is -1.42. The summed E-state index contributed by atoms with van der Waals surface area (Å²) in [7, 11) is 0. The van der Waals surface area contributed by atoms with Crippen molar-refractivity contribution in [2.45, 2.75) is 39.0 Å². The lowest BCUT2D eigenvalue weighted by Crippen LogP contribution is -2.44. The van der Waals surface area contributed by atoms with E-state index in [1.54, 1.807) is 0 Å². The second kappa shape index (κ2) is 6.84. The molecule has 2 rings (SSSR count). The van der Waals surface area contributed by atoms with Gasteiger partial charge in [-0.05, 0) is 55.1 Å². The zero-order valence-corrected chi connectivity index (χ0v) is 13.0. The highest BCUT2D eigenvalue weighted by Crippen LogP contribution is 2.15. The Morgan fingerprint density at radius 3 is 2.30 bits per heavy atom. The molecule has 0 aromatic heterocycles. The van der Waals surface area contributed by atoms with E-state index in [1.807, 2.05) is 24.3 Å². The van der Waals surface area contributed by atoms with Crippen LogP contribution in [0.15, 0.2) is 24.3 Å². The Morgan fingerprint density at radius 1 is 1.15 bits per heavy atom. The van der Waals surface area contributed by atoms with E-state index in [-0.39, 0.29) is 5.91 Å². The second-order valence-corrected chi connectivity index (χ2v) is 5.97. The number of benzene rings is 1. The number of nitrogens with zero attached hydrogens (tertiary/aromatic N) is 1. The number of likely N-dealkylation sites (tertiary alicyclic amines) is 1. The first kappa shape index (κ1) is 15.0. The minimum Gasteiger partial charge on any atom is -0.349 e. The quantitative estimate of drug-likeness (QED) is 0.848. The maximum atomic E-state index is 12.2. The van der Waals surface area contributed by atoms with E-state index in [1.165, 1.54) is 12.0 Å². The molecule has 1 fully saturated rings. The molecule has 1 aliphatic heterocycles. The summed E-state index contributed by atoms with van der Waals surface area (Å²) in [6.07, 6.45) is 3.56. The molecule has 1 heterocycles. The van der Waals surface area contributed by atoms with Gasteiger partial charge in [-0.25, -0.2) is 0 Å². The van der Waals surface area contributed by atoms with Gasteiger partial charge in [0.1, 0.15) is 0 Å². The van der Waals surface area contributed by atoms with Gasteiger partial charge in [0.2, 0.25) is 0 Å². The van der Waals surface area contributed by atoms with Gasteiger partial charge >= 0.3 is 0 Å². The Bertz CT molecular complexity index is 476. The van der Waals surface area contributed by atoms with Gasteiger partial charge in [0.25, 0.3) is 5.91 Å². The van der Waals surface area contributed by atoms with Crippen LogP contribution in [0.5, 0.6) is 0 Å². The molecule has 20 heavy (non-hydrogen) atoms. The summed E-state index contributed by atoms with van der Waals surface area (Å²) in [6.45, 7) is 6.18. The van der Waals surface area contributed by atoms with Gasteiger partial charge in [-0.15, -0.1) is 0 Å². The number of hydrogen-bond acceptors (Lipinski definition) is 2. The molecule has 0 aliphatic carbocycles. The van der Waals surface area contributed by atoms with Crippen LogP contribution in [0.3, 0.4) is 0 Å². The summed E-state index contributed by atoms with van der Waals surface area (Å²) in [5, 5.41) is 3.39. The monoisotopic (exact) mass is 290 g/mol. The molecular weight excluding hydrogens is 268 g/mol. The predicted molar refractivity (Wildman–Crippen MR) is 86.0 cm³/mol. The van der Waals surface area contributed by atoms with Crippen LogP contribution >= 0.6 is 12.2 Å². The highest BCUT2D eigenvalue weighted by molar-refractivity contribution is 7.80. The summed E-state index contributed by atoms with van der Waals surface area (Å²) in [4.78, 5) is 14.2. The molecule has 1 amide bonds. The Balaban J connectivity index is 1.95. The fraction of sp³-hybridized carbons (Fsp3) is 0.500. The maximum Gasteiger partial charge on any atom is 0.257 e. The zero-order chi connectivity index (χ0) is 14.5. The number of hydrogen-bond donors (Lipinski definition) is 1. The standard InChI is InChI=1S/C16H22N2OS/c1-12(2)13-6-8-14(9-7-13)15(19)17-16(20)18-10-4-3-5-11-18/h6-9,12H,3-5,10-11H2,1-2H3,(H,17,19,20). The van der Waals surface area contributed by atoms with Crippen molar-refractivity contribution in [2.75, 3.05) is 13.1 Å². The maximum absolute atomic E-state index is 12.2. The molecule has 0 unspecified atom stereocenters. The van der Waals surface area contributed by atoms with Crippen molar-refractivity contribution in [2.24, 2.45) is 0 Å². The number of thiocarbonyl (C=S) groups is 1. The van der Waals surface area contributed by atoms with E-state index in [0.717, 1.165) is 25.9 Å². The third-order valence-corrected chi connectivity index (χ3v) is 4.06. The van der Waals surface area contributed by atoms with E-state index in [2.05, 4.69) is 24.1 Å². The zero-order valence-electron chi connectivity index (χ0n) is 12.2. The smallest absolute Gasteiger partial charge is 0.257 e. The van der Waals surface area contributed by atoms with Crippen LogP contribution in [0.25, 0.3) is 0 Å². The van der Waals surface area contributed by atoms with Crippen molar-refractivity contribution in [1.29, 1.82) is 0 Å². The number of rotatable bonds is 2. The molecule has 1 aromatic rings. The fourth-order valence-corrected chi connectivity index (χ4v) is 2.64. The SMILES string of the molecule is CC(C)c1ccc(C(=O)NC(=S)N2CCCCC2)cc1. The topological polar surface area (TPSA) is 32.3 Å². The fourth-order valence-electron chi connectivity index (χ4n) is 2.36. The average molecular weight is 290 g/mol. The molecule has 4 heteroatoms. The molecule has 1 N–H and O–H groups in total. The molecule has 3 nitrogen and oxygen atoms in total. The Labute approximate surface area is 126 Å². The summed E-state index contributed by atoms with van der Waals surface area (Å²) in [5.74, 6) is 0.359. The van der Waals surface area contributed by atoms with Gasteiger partial charge < -0.3 is 4.90 Å². The number of amides is 1. The van der Waals surface area contributed by atoms with Crippen LogP contribution < -0.4 is 5.32 Å². The van der Waals surface area contributed by atoms with Crippen LogP contribution in [-0.2, 0) is 0 Å². The van der Waals surface area contributed by atoms with Crippen LogP contribution in [0.4, 0.5) is 0 Å². The van der Waals surface area contributed by atoms with Crippen molar-refractivity contribution < 1.29 is 4.79 Å². The molecule has 1 aliphatic rings. The first-order chi connectivity index (χ1) is 9.58. The van der Waals surface area contributed by atoms with E-state index in [0.29, 0.717) is 16.6 Å². The van der Waals surface area contributed by atoms with Gasteiger partial charge in [-0.1, -0.05) is 26.0 Å². The van der Waals surface area contributed by atoms with Gasteiger partial charge in [-0.2, -0.15) is 0 Å². The number of piperidine rings is 1. The van der Waals surface area contributed by atoms with Crippen molar-refractivity contribution in [3.8, 4) is 0 Å². The van der Waals surface area contributed by atoms with Gasteiger partial charge in [-0.3, -0.25) is 10.1 Å². The molecule has 0 bridgehead atoms. The second-order valence-electron chi connectivity index (χ2n) is 5.58. The summed E-state index contributed by atoms with van der Waals surface area (Å²) in [5.41, 5.74) is 1.90. The van der Waals surface area contributed by atoms with E-state index >= 15 is 0 Å². The molecule has 0 saturated carbocycles. The largest absolute Gasteiger partial charge is 0.349 e. The lowest BCUT2D eigenvalue weighted by molar-refractivity contribution is 0.0972. The molecule has 0 spiro atoms. The van der Waals surface area contributed by atoms with Crippen LogP contribution in [-0.4, -0.2) is 29.0 Å². The van der Waals surface area contributed by atoms with E-state index in [9.17, 15) is 4.79 Å². The minimum atomic E-state index is -0.115. The van der Waals surface area contributed by atoms with E-state index < -0.39 is 0 Å². The molecular formula is C16H22N2OS. The third-order valence-electron chi connectivity index (χ3n) is 3.70. The average Bonchev–Trinajstić information content (AvgIpc) is 2.48. The summed E-state index contributed by atoms with van der Waals surface area (Å²) < 4.78 is 0. The molecule has 0 atom stereocenters. The lowest BCUT2D eigenvalue weighted by Gasteiger charge is -2.28. The van der Waals surface area contributed by atoms with Gasteiger partial charge in [0.15, 0.2) is 5.11 Å². The lowest BCUT2D eigenvalue weighted by atomic mass is 10.0. The highest BCUT2D eigenvalue weighted by atomic mass is 32.1. The normalized spacial score (nSPS) is 15.2. The molecule has 1 aromatic carbocycles. The summed E-state index contributed by atoms with van der Waals surface area (Å²) >= 11 is 5.31. The van der Waals surface area contributed by atoms with Crippen LogP contribution in [0.2, 0.25) is 0 Å². The minimum absolute atomic E-state index is 0.115. The van der Waals surface area contributed by atoms with Gasteiger partial charge in [0, 0.05) is 18.7 Å². The first-order valence-corrected chi connectivity index (χ1v) is 7.69. The molecule has 1 saturated heterocycles. The van der Waals surface area contributed by atoms with Crippen molar-refractivity contribution in [3.63, 3.8) is 0 Å². The van der Waals surface area contributed by atoms with Crippen LogP contribution in [0, 0.1) is 0 Å². The van der Waals surface area contributed by atoms with Crippen molar-refractivity contribution in [3.05, 3.63) is 35.4 Å². The third kappa shape index (κ3) is 3.79. The number of nitrogens with one attached hydrogen (secondary N) is 1. The Morgan fingerprint density at radius 2 is 1.75 bits per heavy atom. The van der Waals surface area contributed by atoms with E-state index in [4.69, 9.17) is 12.2 Å². The predicted octanol–water partition coefficient (Wildman–Crippen LogP) is 3.31. The van der Waals surface area contributed by atoms with Crippen LogP contribution in [0.1, 0.15) is 54.9 Å². The molecule has 108 valence electrons. The van der Waals surface area contributed by atoms with Crippen molar-refractivity contribution in [1.82, 2.24) is 10.2 Å². The van der Waals surface area contributed by atoms with Crippen molar-refractivity contribution >= 4 is 23.2 Å². The van der Waals surface area contributed by atoms with Gasteiger partial charge in [0.05, 0.1) is 0 Å². The highest BCUT2D eigenvalue weighted by Gasteiger charge is 2.16. The summed E-state index contributed by atoms with van der Waals surface area (Å²) in [6, 6.07) is 7.74. The number of carbonyl (C=O) groups excluding carboxylic acids is 1. The first-order valence-electron chi connectivity index (χ1n) is 7.28.